The van der Waals surface area contributed by atoms with E-state index in [1.807, 2.05) is 35.6 Å². The normalized spacial score (nSPS) is 14.7. The van der Waals surface area contributed by atoms with Gasteiger partial charge in [-0.05, 0) is 72.8 Å². The number of hydrogen-bond donors (Lipinski definition) is 2. The standard InChI is InChI=1S/C26H31N3OS.C2HF3O2/c1-2-21-8-12-24(13-9-21)27-26(30)23-10-6-22(7-11-23)19-28-14-4-15-29(17-16-28)20-25-5-3-18-31-25;3-2(4,5)1(6)7/h3,5-13,18H,2,4,14-17,19-20H2,1H3,(H,27,30);(H,6,7). The third-order valence-electron chi connectivity index (χ3n) is 6.13. The van der Waals surface area contributed by atoms with E-state index in [0.717, 1.165) is 51.4 Å². The van der Waals surface area contributed by atoms with Crippen LogP contribution in [0.25, 0.3) is 0 Å². The summed E-state index contributed by atoms with van der Waals surface area (Å²) in [6.07, 6.45) is -2.89. The average Bonchev–Trinajstić information content (AvgIpc) is 3.31. The van der Waals surface area contributed by atoms with E-state index in [-0.39, 0.29) is 5.91 Å². The lowest BCUT2D eigenvalue weighted by atomic mass is 10.1. The van der Waals surface area contributed by atoms with Crippen LogP contribution in [-0.2, 0) is 24.3 Å². The van der Waals surface area contributed by atoms with Gasteiger partial charge in [0.05, 0.1) is 0 Å². The number of nitrogens with one attached hydrogen (secondary N) is 1. The summed E-state index contributed by atoms with van der Waals surface area (Å²) < 4.78 is 31.7. The van der Waals surface area contributed by atoms with Gasteiger partial charge in [0.25, 0.3) is 5.91 Å². The fraction of sp³-hybridized carbons (Fsp3) is 0.357. The van der Waals surface area contributed by atoms with E-state index in [4.69, 9.17) is 9.90 Å². The number of carboxylic acid groups (broad SMARTS) is 1. The first kappa shape index (κ1) is 29.3. The average molecular weight is 548 g/mol. The highest BCUT2D eigenvalue weighted by Crippen LogP contribution is 2.17. The van der Waals surface area contributed by atoms with Gasteiger partial charge in [0.2, 0.25) is 0 Å². The van der Waals surface area contributed by atoms with E-state index in [1.54, 1.807) is 0 Å². The Hall–Kier alpha value is -3.21. The van der Waals surface area contributed by atoms with Gasteiger partial charge >= 0.3 is 12.1 Å². The van der Waals surface area contributed by atoms with Crippen LogP contribution >= 0.6 is 11.3 Å². The largest absolute Gasteiger partial charge is 0.490 e. The third kappa shape index (κ3) is 9.59. The van der Waals surface area contributed by atoms with E-state index >= 15 is 0 Å². The molecule has 38 heavy (non-hydrogen) atoms. The number of aryl methyl sites for hydroxylation is 1. The number of rotatable bonds is 7. The Bertz CT molecular complexity index is 1150. The molecule has 1 amide bonds. The van der Waals surface area contributed by atoms with Crippen molar-refractivity contribution in [1.82, 2.24) is 9.80 Å². The molecule has 1 fully saturated rings. The van der Waals surface area contributed by atoms with Gasteiger partial charge < -0.3 is 10.4 Å². The highest BCUT2D eigenvalue weighted by atomic mass is 32.1. The molecule has 0 radical (unpaired) electrons. The molecule has 2 N–H and O–H groups in total. The molecule has 0 saturated carbocycles. The zero-order valence-electron chi connectivity index (χ0n) is 21.2. The van der Waals surface area contributed by atoms with Gasteiger partial charge in [-0.15, -0.1) is 11.3 Å². The van der Waals surface area contributed by atoms with Crippen LogP contribution in [0.5, 0.6) is 0 Å². The van der Waals surface area contributed by atoms with Crippen molar-refractivity contribution in [2.75, 3.05) is 31.5 Å². The zero-order chi connectivity index (χ0) is 27.5. The molecule has 0 unspecified atom stereocenters. The lowest BCUT2D eigenvalue weighted by molar-refractivity contribution is -0.192. The molecule has 10 heteroatoms. The molecule has 204 valence electrons. The maximum absolute atomic E-state index is 12.6. The Morgan fingerprint density at radius 3 is 2.00 bits per heavy atom. The molecule has 2 heterocycles. The molecule has 1 aliphatic rings. The van der Waals surface area contributed by atoms with Crippen LogP contribution in [0.15, 0.2) is 66.0 Å². The Balaban J connectivity index is 0.000000505. The number of halogens is 3. The number of benzene rings is 2. The number of aliphatic carboxylic acids is 1. The number of carbonyl (C=O) groups excluding carboxylic acids is 1. The lowest BCUT2D eigenvalue weighted by Gasteiger charge is -2.21. The Morgan fingerprint density at radius 2 is 1.47 bits per heavy atom. The van der Waals surface area contributed by atoms with E-state index in [1.165, 1.54) is 22.4 Å². The number of carbonyl (C=O) groups is 2. The predicted octanol–water partition coefficient (Wildman–Crippen LogP) is 5.90. The van der Waals surface area contributed by atoms with Gasteiger partial charge in [0.1, 0.15) is 0 Å². The van der Waals surface area contributed by atoms with Crippen molar-refractivity contribution in [3.63, 3.8) is 0 Å². The van der Waals surface area contributed by atoms with Crippen LogP contribution in [0.4, 0.5) is 18.9 Å². The van der Waals surface area contributed by atoms with Crippen molar-refractivity contribution >= 4 is 28.9 Å². The number of alkyl halides is 3. The van der Waals surface area contributed by atoms with Crippen molar-refractivity contribution in [3.8, 4) is 0 Å². The fourth-order valence-corrected chi connectivity index (χ4v) is 4.76. The molecule has 0 atom stereocenters. The molecule has 4 rings (SSSR count). The molecule has 6 nitrogen and oxygen atoms in total. The predicted molar refractivity (Wildman–Crippen MR) is 143 cm³/mol. The second-order valence-electron chi connectivity index (χ2n) is 8.99. The summed E-state index contributed by atoms with van der Waals surface area (Å²) in [5.74, 6) is -2.82. The number of thiophene rings is 1. The van der Waals surface area contributed by atoms with E-state index in [9.17, 15) is 18.0 Å². The zero-order valence-corrected chi connectivity index (χ0v) is 22.0. The second-order valence-corrected chi connectivity index (χ2v) is 10.0. The van der Waals surface area contributed by atoms with Crippen molar-refractivity contribution < 1.29 is 27.9 Å². The monoisotopic (exact) mass is 547 g/mol. The topological polar surface area (TPSA) is 72.9 Å². The van der Waals surface area contributed by atoms with Gasteiger partial charge in [-0.25, -0.2) is 4.79 Å². The van der Waals surface area contributed by atoms with Crippen LogP contribution in [0.2, 0.25) is 0 Å². The molecule has 0 spiro atoms. The van der Waals surface area contributed by atoms with Crippen LogP contribution in [0.3, 0.4) is 0 Å². The first-order valence-corrected chi connectivity index (χ1v) is 13.3. The number of nitrogens with zero attached hydrogens (tertiary/aromatic N) is 2. The Morgan fingerprint density at radius 1 is 0.895 bits per heavy atom. The maximum Gasteiger partial charge on any atom is 0.490 e. The van der Waals surface area contributed by atoms with Crippen LogP contribution in [0, 0.1) is 0 Å². The molecule has 0 aliphatic carbocycles. The molecule has 1 aliphatic heterocycles. The van der Waals surface area contributed by atoms with Crippen molar-refractivity contribution in [2.45, 2.75) is 39.0 Å². The van der Waals surface area contributed by atoms with Gasteiger partial charge in [-0.3, -0.25) is 14.6 Å². The first-order chi connectivity index (χ1) is 18.1. The molecule has 3 aromatic rings. The molecule has 2 aromatic carbocycles. The number of amides is 1. The highest BCUT2D eigenvalue weighted by molar-refractivity contribution is 7.09. The minimum Gasteiger partial charge on any atom is -0.475 e. The van der Waals surface area contributed by atoms with Gasteiger partial charge in [0, 0.05) is 42.3 Å². The summed E-state index contributed by atoms with van der Waals surface area (Å²) in [6.45, 7) is 8.60. The summed E-state index contributed by atoms with van der Waals surface area (Å²) in [6, 6.07) is 20.5. The molecule has 0 bridgehead atoms. The molecular weight excluding hydrogens is 515 g/mol. The van der Waals surface area contributed by atoms with Crippen LogP contribution in [-0.4, -0.2) is 59.1 Å². The number of anilines is 1. The van der Waals surface area contributed by atoms with Crippen molar-refractivity contribution in [3.05, 3.63) is 87.6 Å². The fourth-order valence-electron chi connectivity index (χ4n) is 4.01. The number of carboxylic acids is 1. The van der Waals surface area contributed by atoms with Crippen LogP contribution in [0.1, 0.15) is 39.7 Å². The third-order valence-corrected chi connectivity index (χ3v) is 6.99. The van der Waals surface area contributed by atoms with E-state index in [0.29, 0.717) is 5.56 Å². The van der Waals surface area contributed by atoms with E-state index < -0.39 is 12.1 Å². The van der Waals surface area contributed by atoms with Crippen molar-refractivity contribution in [2.24, 2.45) is 0 Å². The SMILES string of the molecule is CCc1ccc(NC(=O)c2ccc(CN3CCCN(Cc4cccs4)CC3)cc2)cc1.O=C(O)C(F)(F)F. The lowest BCUT2D eigenvalue weighted by Crippen LogP contribution is -2.30. The summed E-state index contributed by atoms with van der Waals surface area (Å²) in [7, 11) is 0. The van der Waals surface area contributed by atoms with Crippen LogP contribution < -0.4 is 5.32 Å². The quantitative estimate of drug-likeness (QED) is 0.385. The molecular formula is C28H32F3N3O3S. The summed E-state index contributed by atoms with van der Waals surface area (Å²) >= 11 is 1.84. The van der Waals surface area contributed by atoms with E-state index in [2.05, 4.69) is 63.8 Å². The summed E-state index contributed by atoms with van der Waals surface area (Å²) in [5.41, 5.74) is 4.06. The second kappa shape index (κ2) is 14.1. The summed E-state index contributed by atoms with van der Waals surface area (Å²) in [5, 5.41) is 12.3. The Kier molecular flexibility index (Phi) is 10.9. The van der Waals surface area contributed by atoms with Gasteiger partial charge in [-0.2, -0.15) is 13.2 Å². The summed E-state index contributed by atoms with van der Waals surface area (Å²) in [4.78, 5) is 28.0. The first-order valence-electron chi connectivity index (χ1n) is 12.4. The molecule has 1 aromatic heterocycles. The highest BCUT2D eigenvalue weighted by Gasteiger charge is 2.38. The van der Waals surface area contributed by atoms with Crippen molar-refractivity contribution in [1.29, 1.82) is 0 Å². The smallest absolute Gasteiger partial charge is 0.475 e. The maximum atomic E-state index is 12.6. The minimum atomic E-state index is -5.08. The van der Waals surface area contributed by atoms with Gasteiger partial charge in [-0.1, -0.05) is 37.3 Å². The Labute approximate surface area is 224 Å². The van der Waals surface area contributed by atoms with Gasteiger partial charge in [0.15, 0.2) is 0 Å². The molecule has 1 saturated heterocycles. The number of hydrogen-bond acceptors (Lipinski definition) is 5. The minimum absolute atomic E-state index is 0.0604.